The molecular formula is C12H15ClN4. The van der Waals surface area contributed by atoms with Crippen LogP contribution in [0.15, 0.2) is 24.3 Å². The van der Waals surface area contributed by atoms with E-state index in [2.05, 4.69) is 31.1 Å². The summed E-state index contributed by atoms with van der Waals surface area (Å²) in [5.41, 5.74) is 7.57. The lowest BCUT2D eigenvalue weighted by Gasteiger charge is -2.20. The van der Waals surface area contributed by atoms with E-state index in [4.69, 9.17) is 17.3 Å². The lowest BCUT2D eigenvalue weighted by atomic mass is 9.91. The van der Waals surface area contributed by atoms with E-state index in [0.29, 0.717) is 10.8 Å². The zero-order valence-electron chi connectivity index (χ0n) is 10.1. The Balaban J connectivity index is 2.57. The number of benzene rings is 1. The van der Waals surface area contributed by atoms with E-state index in [1.165, 1.54) is 0 Å². The Hall–Kier alpha value is -1.55. The van der Waals surface area contributed by atoms with Gasteiger partial charge in [-0.3, -0.25) is 0 Å². The normalized spacial score (nSPS) is 11.8. The van der Waals surface area contributed by atoms with Crippen LogP contribution in [0.5, 0.6) is 0 Å². The zero-order chi connectivity index (χ0) is 12.6. The summed E-state index contributed by atoms with van der Waals surface area (Å²) < 4.78 is 1.76. The number of hydrogen-bond acceptors (Lipinski definition) is 3. The van der Waals surface area contributed by atoms with Crippen LogP contribution in [0.25, 0.3) is 5.69 Å². The van der Waals surface area contributed by atoms with Crippen molar-refractivity contribution < 1.29 is 0 Å². The van der Waals surface area contributed by atoms with Crippen LogP contribution >= 0.6 is 11.6 Å². The van der Waals surface area contributed by atoms with E-state index < -0.39 is 0 Å². The molecule has 2 aromatic rings. The van der Waals surface area contributed by atoms with Crippen molar-refractivity contribution in [1.29, 1.82) is 0 Å². The van der Waals surface area contributed by atoms with E-state index >= 15 is 0 Å². The van der Waals surface area contributed by atoms with Gasteiger partial charge in [0, 0.05) is 10.4 Å². The lowest BCUT2D eigenvalue weighted by molar-refractivity contribution is 0.544. The fourth-order valence-corrected chi connectivity index (χ4v) is 1.88. The first-order valence-electron chi connectivity index (χ1n) is 5.37. The van der Waals surface area contributed by atoms with Gasteiger partial charge in [0.1, 0.15) is 0 Å². The molecule has 2 rings (SSSR count). The molecule has 0 radical (unpaired) electrons. The first kappa shape index (κ1) is 11.9. The Morgan fingerprint density at radius 2 is 1.76 bits per heavy atom. The van der Waals surface area contributed by atoms with Crippen LogP contribution < -0.4 is 5.73 Å². The van der Waals surface area contributed by atoms with Gasteiger partial charge in [-0.1, -0.05) is 37.6 Å². The molecule has 90 valence electrons. The van der Waals surface area contributed by atoms with Crippen molar-refractivity contribution in [3.8, 4) is 5.69 Å². The van der Waals surface area contributed by atoms with Gasteiger partial charge < -0.3 is 5.73 Å². The number of rotatable bonds is 1. The number of halogens is 1. The van der Waals surface area contributed by atoms with Crippen LogP contribution in [0.4, 0.5) is 5.82 Å². The maximum Gasteiger partial charge on any atom is 0.170 e. The molecule has 0 unspecified atom stereocenters. The number of nitrogens with zero attached hydrogens (tertiary/aromatic N) is 3. The van der Waals surface area contributed by atoms with Crippen LogP contribution in [-0.4, -0.2) is 15.0 Å². The highest BCUT2D eigenvalue weighted by molar-refractivity contribution is 6.30. The average molecular weight is 251 g/mol. The minimum atomic E-state index is -0.118. The summed E-state index contributed by atoms with van der Waals surface area (Å²) in [5.74, 6) is 0.465. The third-order valence-corrected chi connectivity index (χ3v) is 2.73. The molecule has 1 aromatic carbocycles. The van der Waals surface area contributed by atoms with Crippen molar-refractivity contribution in [2.75, 3.05) is 5.73 Å². The van der Waals surface area contributed by atoms with Gasteiger partial charge >= 0.3 is 0 Å². The number of anilines is 1. The van der Waals surface area contributed by atoms with Gasteiger partial charge in [0.05, 0.1) is 11.4 Å². The van der Waals surface area contributed by atoms with Crippen molar-refractivity contribution in [2.24, 2.45) is 0 Å². The fourth-order valence-electron chi connectivity index (χ4n) is 1.76. The van der Waals surface area contributed by atoms with E-state index in [-0.39, 0.29) is 5.41 Å². The standard InChI is InChI=1S/C12H15ClN4/c1-12(2,3)10-11(14)15-16-17(10)9-6-4-8(13)5-7-9/h4-7H,14H2,1-3H3. The first-order valence-corrected chi connectivity index (χ1v) is 5.75. The zero-order valence-corrected chi connectivity index (χ0v) is 10.9. The topological polar surface area (TPSA) is 56.7 Å². The van der Waals surface area contributed by atoms with Crippen molar-refractivity contribution in [3.05, 3.63) is 35.0 Å². The summed E-state index contributed by atoms with van der Waals surface area (Å²) in [6.45, 7) is 6.23. The van der Waals surface area contributed by atoms with Gasteiger partial charge in [-0.2, -0.15) is 0 Å². The lowest BCUT2D eigenvalue weighted by Crippen LogP contribution is -2.19. The maximum absolute atomic E-state index is 5.87. The molecule has 0 aliphatic heterocycles. The highest BCUT2D eigenvalue weighted by atomic mass is 35.5. The SMILES string of the molecule is CC(C)(C)c1c(N)nnn1-c1ccc(Cl)cc1. The average Bonchev–Trinajstić information content (AvgIpc) is 2.61. The van der Waals surface area contributed by atoms with Gasteiger partial charge in [0.25, 0.3) is 0 Å². The number of hydrogen-bond donors (Lipinski definition) is 1. The van der Waals surface area contributed by atoms with Crippen LogP contribution in [0.2, 0.25) is 5.02 Å². The number of nitrogens with two attached hydrogens (primary N) is 1. The van der Waals surface area contributed by atoms with Crippen LogP contribution in [0, 0.1) is 0 Å². The Morgan fingerprint density at radius 3 is 2.29 bits per heavy atom. The van der Waals surface area contributed by atoms with E-state index in [0.717, 1.165) is 11.4 Å². The minimum Gasteiger partial charge on any atom is -0.381 e. The second-order valence-electron chi connectivity index (χ2n) is 4.96. The van der Waals surface area contributed by atoms with Gasteiger partial charge in [-0.25, -0.2) is 4.68 Å². The third kappa shape index (κ3) is 2.26. The van der Waals surface area contributed by atoms with Crippen molar-refractivity contribution in [3.63, 3.8) is 0 Å². The molecule has 0 aliphatic rings. The summed E-state index contributed by atoms with van der Waals surface area (Å²) in [4.78, 5) is 0. The molecule has 0 spiro atoms. The summed E-state index contributed by atoms with van der Waals surface area (Å²) >= 11 is 5.86. The number of nitrogen functional groups attached to an aromatic ring is 1. The second-order valence-corrected chi connectivity index (χ2v) is 5.40. The van der Waals surface area contributed by atoms with Gasteiger partial charge in [0.2, 0.25) is 0 Å². The molecule has 0 bridgehead atoms. The molecule has 0 atom stereocenters. The monoisotopic (exact) mass is 250 g/mol. The number of aromatic nitrogens is 3. The van der Waals surface area contributed by atoms with Gasteiger partial charge in [-0.05, 0) is 24.3 Å². The molecular weight excluding hydrogens is 236 g/mol. The van der Waals surface area contributed by atoms with E-state index in [1.807, 2.05) is 24.3 Å². The molecule has 5 heteroatoms. The van der Waals surface area contributed by atoms with Crippen LogP contribution in [0.3, 0.4) is 0 Å². The maximum atomic E-state index is 5.87. The highest BCUT2D eigenvalue weighted by Crippen LogP contribution is 2.28. The van der Waals surface area contributed by atoms with Gasteiger partial charge in [0.15, 0.2) is 5.82 Å². The van der Waals surface area contributed by atoms with E-state index in [1.54, 1.807) is 4.68 Å². The Bertz CT molecular complexity index is 522. The molecule has 0 saturated carbocycles. The summed E-state index contributed by atoms with van der Waals surface area (Å²) in [7, 11) is 0. The Morgan fingerprint density at radius 1 is 1.18 bits per heavy atom. The third-order valence-electron chi connectivity index (χ3n) is 2.48. The molecule has 1 aromatic heterocycles. The molecule has 2 N–H and O–H groups in total. The molecule has 0 aliphatic carbocycles. The summed E-state index contributed by atoms with van der Waals surface area (Å²) in [6.07, 6.45) is 0. The van der Waals surface area contributed by atoms with Crippen molar-refractivity contribution in [1.82, 2.24) is 15.0 Å². The smallest absolute Gasteiger partial charge is 0.170 e. The Kier molecular flexibility index (Phi) is 2.83. The highest BCUT2D eigenvalue weighted by Gasteiger charge is 2.24. The first-order chi connectivity index (χ1) is 7.89. The predicted molar refractivity (Wildman–Crippen MR) is 69.5 cm³/mol. The molecule has 0 amide bonds. The second kappa shape index (κ2) is 4.04. The molecule has 4 nitrogen and oxygen atoms in total. The fraction of sp³-hybridized carbons (Fsp3) is 0.333. The molecule has 17 heavy (non-hydrogen) atoms. The Labute approximate surface area is 105 Å². The predicted octanol–water partition coefficient (Wildman–Crippen LogP) is 2.80. The summed E-state index contributed by atoms with van der Waals surface area (Å²) in [6, 6.07) is 7.43. The quantitative estimate of drug-likeness (QED) is 0.847. The van der Waals surface area contributed by atoms with Gasteiger partial charge in [-0.15, -0.1) is 5.10 Å². The summed E-state index contributed by atoms with van der Waals surface area (Å²) in [5, 5.41) is 8.71. The van der Waals surface area contributed by atoms with Crippen LogP contribution in [0.1, 0.15) is 26.5 Å². The largest absolute Gasteiger partial charge is 0.381 e. The van der Waals surface area contributed by atoms with Crippen LogP contribution in [-0.2, 0) is 5.41 Å². The minimum absolute atomic E-state index is 0.118. The van der Waals surface area contributed by atoms with Crippen molar-refractivity contribution >= 4 is 17.4 Å². The molecule has 0 fully saturated rings. The molecule has 0 saturated heterocycles. The van der Waals surface area contributed by atoms with E-state index in [9.17, 15) is 0 Å². The molecule has 1 heterocycles. The van der Waals surface area contributed by atoms with Crippen molar-refractivity contribution in [2.45, 2.75) is 26.2 Å².